The van der Waals surface area contributed by atoms with Crippen LogP contribution in [-0.2, 0) is 9.59 Å². The van der Waals surface area contributed by atoms with E-state index in [1.165, 1.54) is 0 Å². The number of hydrogen-bond acceptors (Lipinski definition) is 6. The molecule has 2 saturated heterocycles. The summed E-state index contributed by atoms with van der Waals surface area (Å²) in [6, 6.07) is 7.24. The van der Waals surface area contributed by atoms with Crippen LogP contribution in [0.25, 0.3) is 0 Å². The highest BCUT2D eigenvalue weighted by Crippen LogP contribution is 2.27. The van der Waals surface area contributed by atoms with Crippen molar-refractivity contribution in [2.45, 2.75) is 19.3 Å². The quantitative estimate of drug-likeness (QED) is 0.853. The van der Waals surface area contributed by atoms with Crippen LogP contribution in [0.4, 0.5) is 17.3 Å². The fourth-order valence-electron chi connectivity index (χ4n) is 3.61. The molecular weight excluding hydrogens is 358 g/mol. The maximum atomic E-state index is 12.6. The van der Waals surface area contributed by atoms with Gasteiger partial charge in [-0.05, 0) is 37.1 Å². The molecule has 2 aromatic rings. The molecule has 1 aromatic carbocycles. The Labute approximate surface area is 163 Å². The topological polar surface area (TPSA) is 87.7 Å². The third-order valence-corrected chi connectivity index (χ3v) is 5.17. The first-order chi connectivity index (χ1) is 13.6. The van der Waals surface area contributed by atoms with Crippen LogP contribution in [0.5, 0.6) is 5.75 Å². The lowest BCUT2D eigenvalue weighted by atomic mass is 10.1. The van der Waals surface area contributed by atoms with Gasteiger partial charge in [0.05, 0.1) is 31.1 Å². The van der Waals surface area contributed by atoms with Gasteiger partial charge in [-0.15, -0.1) is 0 Å². The second-order valence-corrected chi connectivity index (χ2v) is 7.06. The predicted molar refractivity (Wildman–Crippen MR) is 106 cm³/mol. The van der Waals surface area contributed by atoms with Gasteiger partial charge in [0.25, 0.3) is 0 Å². The summed E-state index contributed by atoms with van der Waals surface area (Å²) < 4.78 is 5.14. The maximum Gasteiger partial charge on any atom is 0.229 e. The number of carbonyl (C=O) groups excluding carboxylic acids is 2. The molecule has 4 rings (SSSR count). The van der Waals surface area contributed by atoms with Gasteiger partial charge in [0.2, 0.25) is 17.8 Å². The fraction of sp³-hybridized carbons (Fsp3) is 0.400. The van der Waals surface area contributed by atoms with Gasteiger partial charge in [0.1, 0.15) is 5.75 Å². The van der Waals surface area contributed by atoms with E-state index in [4.69, 9.17) is 4.74 Å². The highest BCUT2D eigenvalue weighted by Gasteiger charge is 2.35. The van der Waals surface area contributed by atoms with Gasteiger partial charge in [0, 0.05) is 31.7 Å². The molecule has 2 aliphatic rings. The minimum Gasteiger partial charge on any atom is -0.497 e. The minimum absolute atomic E-state index is 0.0639. The summed E-state index contributed by atoms with van der Waals surface area (Å²) >= 11 is 0. The predicted octanol–water partition coefficient (Wildman–Crippen LogP) is 2.08. The molecule has 2 aliphatic heterocycles. The third-order valence-electron chi connectivity index (χ3n) is 5.17. The first kappa shape index (κ1) is 18.2. The number of anilines is 3. The summed E-state index contributed by atoms with van der Waals surface area (Å²) in [6.45, 7) is 2.29. The van der Waals surface area contributed by atoms with Crippen molar-refractivity contribution in [2.24, 2.45) is 5.92 Å². The summed E-state index contributed by atoms with van der Waals surface area (Å²) in [7, 11) is 1.60. The van der Waals surface area contributed by atoms with E-state index in [9.17, 15) is 9.59 Å². The number of hydrogen-bond donors (Lipinski definition) is 1. The van der Waals surface area contributed by atoms with Crippen LogP contribution >= 0.6 is 0 Å². The summed E-state index contributed by atoms with van der Waals surface area (Å²) in [4.78, 5) is 37.4. The molecule has 1 atom stereocenters. The van der Waals surface area contributed by atoms with Gasteiger partial charge >= 0.3 is 0 Å². The zero-order chi connectivity index (χ0) is 19.5. The normalized spacial score (nSPS) is 19.2. The molecule has 0 spiro atoms. The molecule has 0 aliphatic carbocycles. The van der Waals surface area contributed by atoms with Crippen molar-refractivity contribution in [1.82, 2.24) is 9.97 Å². The Kier molecular flexibility index (Phi) is 5.10. The number of methoxy groups -OCH3 is 1. The third kappa shape index (κ3) is 3.76. The van der Waals surface area contributed by atoms with E-state index in [0.717, 1.165) is 37.4 Å². The van der Waals surface area contributed by atoms with E-state index in [2.05, 4.69) is 20.2 Å². The number of nitrogens with one attached hydrogen (secondary N) is 1. The average Bonchev–Trinajstić information content (AvgIpc) is 3.39. The van der Waals surface area contributed by atoms with Gasteiger partial charge in [-0.1, -0.05) is 0 Å². The number of ether oxygens (including phenoxy) is 1. The Bertz CT molecular complexity index is 847. The first-order valence-corrected chi connectivity index (χ1v) is 9.46. The van der Waals surface area contributed by atoms with Crippen LogP contribution in [0, 0.1) is 5.92 Å². The van der Waals surface area contributed by atoms with Crippen molar-refractivity contribution in [3.8, 4) is 5.75 Å². The number of aromatic nitrogens is 2. The Morgan fingerprint density at radius 3 is 2.46 bits per heavy atom. The lowest BCUT2D eigenvalue weighted by molar-refractivity contribution is -0.122. The Hall–Kier alpha value is -3.16. The largest absolute Gasteiger partial charge is 0.497 e. The van der Waals surface area contributed by atoms with E-state index in [0.29, 0.717) is 18.2 Å². The van der Waals surface area contributed by atoms with Crippen LogP contribution in [-0.4, -0.2) is 48.5 Å². The van der Waals surface area contributed by atoms with Crippen molar-refractivity contribution in [3.05, 3.63) is 36.7 Å². The van der Waals surface area contributed by atoms with Crippen LogP contribution in [0.3, 0.4) is 0 Å². The van der Waals surface area contributed by atoms with Crippen LogP contribution in [0.15, 0.2) is 36.7 Å². The number of rotatable bonds is 5. The van der Waals surface area contributed by atoms with Gasteiger partial charge < -0.3 is 19.9 Å². The number of carbonyl (C=O) groups is 2. The van der Waals surface area contributed by atoms with Crippen molar-refractivity contribution >= 4 is 29.1 Å². The van der Waals surface area contributed by atoms with Gasteiger partial charge in [-0.2, -0.15) is 0 Å². The van der Waals surface area contributed by atoms with E-state index in [1.54, 1.807) is 36.5 Å². The fourth-order valence-corrected chi connectivity index (χ4v) is 3.61. The molecule has 8 nitrogen and oxygen atoms in total. The Morgan fingerprint density at radius 1 is 1.14 bits per heavy atom. The van der Waals surface area contributed by atoms with E-state index < -0.39 is 5.92 Å². The Balaban J connectivity index is 1.37. The molecule has 1 unspecified atom stereocenters. The van der Waals surface area contributed by atoms with Gasteiger partial charge in [-0.25, -0.2) is 9.97 Å². The lowest BCUT2D eigenvalue weighted by Gasteiger charge is -2.17. The maximum absolute atomic E-state index is 12.6. The van der Waals surface area contributed by atoms with E-state index in [1.807, 2.05) is 12.1 Å². The van der Waals surface area contributed by atoms with Crippen LogP contribution in [0.2, 0.25) is 0 Å². The smallest absolute Gasteiger partial charge is 0.229 e. The zero-order valence-electron chi connectivity index (χ0n) is 15.8. The first-order valence-electron chi connectivity index (χ1n) is 9.46. The minimum atomic E-state index is -0.409. The molecule has 146 valence electrons. The van der Waals surface area contributed by atoms with Crippen LogP contribution in [0.1, 0.15) is 19.3 Å². The second-order valence-electron chi connectivity index (χ2n) is 7.06. The number of benzene rings is 1. The molecule has 2 fully saturated rings. The molecule has 1 N–H and O–H groups in total. The average molecular weight is 381 g/mol. The second kappa shape index (κ2) is 7.84. The van der Waals surface area contributed by atoms with Crippen LogP contribution < -0.4 is 19.9 Å². The zero-order valence-corrected chi connectivity index (χ0v) is 15.8. The van der Waals surface area contributed by atoms with Crippen molar-refractivity contribution in [1.29, 1.82) is 0 Å². The molecule has 3 heterocycles. The molecule has 0 bridgehead atoms. The molecule has 28 heavy (non-hydrogen) atoms. The monoisotopic (exact) mass is 381 g/mol. The van der Waals surface area contributed by atoms with Crippen molar-refractivity contribution < 1.29 is 14.3 Å². The molecule has 0 radical (unpaired) electrons. The molecule has 8 heteroatoms. The van der Waals surface area contributed by atoms with E-state index in [-0.39, 0.29) is 18.2 Å². The number of nitrogens with zero attached hydrogens (tertiary/aromatic N) is 4. The van der Waals surface area contributed by atoms with Gasteiger partial charge in [-0.3, -0.25) is 9.59 Å². The molecule has 0 saturated carbocycles. The molecule has 2 amide bonds. The van der Waals surface area contributed by atoms with Crippen molar-refractivity contribution in [2.75, 3.05) is 41.9 Å². The highest BCUT2D eigenvalue weighted by atomic mass is 16.5. The van der Waals surface area contributed by atoms with E-state index >= 15 is 0 Å². The summed E-state index contributed by atoms with van der Waals surface area (Å²) in [6.07, 6.45) is 5.74. The summed E-state index contributed by atoms with van der Waals surface area (Å²) in [5.41, 5.74) is 1.31. The summed E-state index contributed by atoms with van der Waals surface area (Å²) in [5.74, 6) is 0.750. The SMILES string of the molecule is COc1ccc(N2CC(C(=O)Nc3cnc(N4CCCC4)nc3)CC2=O)cc1. The standard InChI is InChI=1S/C20H23N5O3/c1-28-17-6-4-16(5-7-17)25-13-14(10-18(25)26)19(27)23-15-11-21-20(22-12-15)24-8-2-3-9-24/h4-7,11-12,14H,2-3,8-10,13H2,1H3,(H,23,27). The van der Waals surface area contributed by atoms with Crippen molar-refractivity contribution in [3.63, 3.8) is 0 Å². The van der Waals surface area contributed by atoms with Gasteiger partial charge in [0.15, 0.2) is 0 Å². The molecular formula is C20H23N5O3. The summed E-state index contributed by atoms with van der Waals surface area (Å²) in [5, 5.41) is 2.83. The number of amides is 2. The molecule has 1 aromatic heterocycles. The highest BCUT2D eigenvalue weighted by molar-refractivity contribution is 6.03. The Morgan fingerprint density at radius 2 is 1.82 bits per heavy atom. The lowest BCUT2D eigenvalue weighted by Crippen LogP contribution is -2.28.